The Balaban J connectivity index is 1.42. The maximum Gasteiger partial charge on any atom is 0.260 e. The standard InChI is InChI=1S/C39H42Cl2N8O6/c1-6-31(50)44-27-20-48(37(52)23-12-13-23)21-28(27)45-39-42-18-24-16-26(33-34(40)29(54-4)17-30(55-5)35(33)41)38(53)49(36(24)46-39)19-22-9-7-10-25(15-22)43-32(51)11-8-14-47(2)3/h6-11,15-18,23,27-28H,1,12-14,19-21H2,2-5H3,(H,43,51)(H,44,50)(H,42,45,46)/b11-8+. The predicted molar refractivity (Wildman–Crippen MR) is 213 cm³/mol. The van der Waals surface area contributed by atoms with Crippen LogP contribution in [0, 0.1) is 5.92 Å². The molecular weight excluding hydrogens is 747 g/mol. The number of anilines is 2. The number of halogens is 2. The number of amides is 3. The van der Waals surface area contributed by atoms with Crippen molar-refractivity contribution < 1.29 is 23.9 Å². The lowest BCUT2D eigenvalue weighted by Crippen LogP contribution is -2.45. The smallest absolute Gasteiger partial charge is 0.260 e. The van der Waals surface area contributed by atoms with Gasteiger partial charge >= 0.3 is 0 Å². The number of likely N-dealkylation sites (N-methyl/N-ethyl adjacent to an activating group) is 1. The zero-order valence-corrected chi connectivity index (χ0v) is 32.4. The van der Waals surface area contributed by atoms with E-state index in [0.717, 1.165) is 12.8 Å². The lowest BCUT2D eigenvalue weighted by atomic mass is 10.0. The highest BCUT2D eigenvalue weighted by atomic mass is 35.5. The summed E-state index contributed by atoms with van der Waals surface area (Å²) in [4.78, 5) is 65.8. The molecule has 4 aromatic rings. The monoisotopic (exact) mass is 788 g/mol. The van der Waals surface area contributed by atoms with Gasteiger partial charge in [-0.1, -0.05) is 48.0 Å². The van der Waals surface area contributed by atoms with Gasteiger partial charge in [0, 0.05) is 60.5 Å². The SMILES string of the molecule is C=CC(=O)NC1CN(C(=O)C2CC2)CC1Nc1ncc2cc(-c3c(Cl)c(OC)cc(OC)c3Cl)c(=O)n(Cc3cccc(NC(=O)/C=C/CN(C)C)c3)c2n1. The number of aromatic nitrogens is 3. The average Bonchev–Trinajstić information content (AvgIpc) is 3.94. The van der Waals surface area contributed by atoms with E-state index >= 15 is 0 Å². The Bertz CT molecular complexity index is 2210. The van der Waals surface area contributed by atoms with E-state index in [4.69, 9.17) is 37.7 Å². The molecular formula is C39H42Cl2N8O6. The van der Waals surface area contributed by atoms with E-state index in [0.29, 0.717) is 36.3 Å². The highest BCUT2D eigenvalue weighted by Gasteiger charge is 2.41. The van der Waals surface area contributed by atoms with Crippen molar-refractivity contribution in [3.8, 4) is 22.6 Å². The summed E-state index contributed by atoms with van der Waals surface area (Å²) in [5.74, 6) is 0.0912. The molecule has 0 radical (unpaired) electrons. The molecule has 2 atom stereocenters. The molecule has 0 bridgehead atoms. The first kappa shape index (κ1) is 39.3. The second kappa shape index (κ2) is 16.9. The summed E-state index contributed by atoms with van der Waals surface area (Å²) in [6.07, 6.45) is 7.69. The molecule has 1 aliphatic carbocycles. The highest BCUT2D eigenvalue weighted by Crippen LogP contribution is 2.45. The molecule has 2 aromatic carbocycles. The molecule has 2 aromatic heterocycles. The molecule has 0 spiro atoms. The van der Waals surface area contributed by atoms with Gasteiger partial charge in [0.15, 0.2) is 0 Å². The van der Waals surface area contributed by atoms with E-state index in [1.165, 1.54) is 37.0 Å². The van der Waals surface area contributed by atoms with Crippen molar-refractivity contribution in [1.29, 1.82) is 0 Å². The number of hydrogen-bond acceptors (Lipinski definition) is 10. The minimum Gasteiger partial charge on any atom is -0.495 e. The number of benzene rings is 2. The number of likely N-dealkylation sites (tertiary alicyclic amines) is 1. The van der Waals surface area contributed by atoms with Crippen LogP contribution in [0.4, 0.5) is 11.6 Å². The number of fused-ring (bicyclic) bond motifs is 1. The van der Waals surface area contributed by atoms with Gasteiger partial charge in [-0.3, -0.25) is 23.7 Å². The van der Waals surface area contributed by atoms with Gasteiger partial charge in [-0.05, 0) is 56.8 Å². The number of carbonyl (C=O) groups is 3. The quantitative estimate of drug-likeness (QED) is 0.154. The number of nitrogens with one attached hydrogen (secondary N) is 3. The Morgan fingerprint density at radius 1 is 1.02 bits per heavy atom. The Morgan fingerprint density at radius 2 is 1.73 bits per heavy atom. The van der Waals surface area contributed by atoms with E-state index in [1.54, 1.807) is 41.4 Å². The number of ether oxygens (including phenoxy) is 2. The molecule has 55 heavy (non-hydrogen) atoms. The van der Waals surface area contributed by atoms with Crippen LogP contribution in [0.2, 0.25) is 10.0 Å². The maximum absolute atomic E-state index is 14.7. The lowest BCUT2D eigenvalue weighted by Gasteiger charge is -2.21. The predicted octanol–water partition coefficient (Wildman–Crippen LogP) is 4.59. The molecule has 16 heteroatoms. The molecule has 3 N–H and O–H groups in total. The van der Waals surface area contributed by atoms with Gasteiger partial charge in [0.25, 0.3) is 5.56 Å². The topological polar surface area (TPSA) is 160 Å². The summed E-state index contributed by atoms with van der Waals surface area (Å²) in [5.41, 5.74) is 1.38. The van der Waals surface area contributed by atoms with Crippen LogP contribution >= 0.6 is 23.2 Å². The molecule has 14 nitrogen and oxygen atoms in total. The zero-order valence-electron chi connectivity index (χ0n) is 30.9. The summed E-state index contributed by atoms with van der Waals surface area (Å²) >= 11 is 13.6. The molecule has 1 saturated heterocycles. The van der Waals surface area contributed by atoms with Gasteiger partial charge < -0.3 is 35.2 Å². The number of pyridine rings is 1. The van der Waals surface area contributed by atoms with Crippen molar-refractivity contribution >= 4 is 63.6 Å². The van der Waals surface area contributed by atoms with E-state index in [-0.39, 0.29) is 74.5 Å². The van der Waals surface area contributed by atoms with Crippen molar-refractivity contribution in [3.05, 3.63) is 93.4 Å². The first-order chi connectivity index (χ1) is 26.4. The van der Waals surface area contributed by atoms with Gasteiger partial charge in [0.1, 0.15) is 17.1 Å². The Kier molecular flexibility index (Phi) is 12.1. The minimum atomic E-state index is -0.476. The summed E-state index contributed by atoms with van der Waals surface area (Å²) in [6.45, 7) is 4.83. The summed E-state index contributed by atoms with van der Waals surface area (Å²) < 4.78 is 12.4. The van der Waals surface area contributed by atoms with E-state index in [9.17, 15) is 19.2 Å². The van der Waals surface area contributed by atoms with Crippen LogP contribution in [0.25, 0.3) is 22.2 Å². The van der Waals surface area contributed by atoms with Crippen LogP contribution in [0.5, 0.6) is 11.5 Å². The summed E-state index contributed by atoms with van der Waals surface area (Å²) in [6, 6.07) is 9.41. The van der Waals surface area contributed by atoms with Crippen molar-refractivity contribution in [1.82, 2.24) is 29.7 Å². The molecule has 2 aliphatic rings. The number of methoxy groups -OCH3 is 2. The third kappa shape index (κ3) is 8.93. The minimum absolute atomic E-state index is 0.00738. The van der Waals surface area contributed by atoms with Gasteiger partial charge in [0.2, 0.25) is 23.7 Å². The van der Waals surface area contributed by atoms with E-state index in [1.807, 2.05) is 25.1 Å². The molecule has 2 unspecified atom stereocenters. The number of rotatable bonds is 14. The molecule has 3 heterocycles. The van der Waals surface area contributed by atoms with Crippen LogP contribution in [0.15, 0.2) is 72.2 Å². The van der Waals surface area contributed by atoms with Crippen LogP contribution in [-0.2, 0) is 20.9 Å². The van der Waals surface area contributed by atoms with Crippen LogP contribution in [0.1, 0.15) is 18.4 Å². The molecule has 2 fully saturated rings. The highest BCUT2D eigenvalue weighted by molar-refractivity contribution is 6.41. The molecule has 1 aliphatic heterocycles. The van der Waals surface area contributed by atoms with E-state index in [2.05, 4.69) is 27.5 Å². The maximum atomic E-state index is 14.7. The number of nitrogens with zero attached hydrogens (tertiary/aromatic N) is 5. The van der Waals surface area contributed by atoms with Crippen molar-refractivity contribution in [2.75, 3.05) is 58.6 Å². The lowest BCUT2D eigenvalue weighted by molar-refractivity contribution is -0.131. The molecule has 3 amide bonds. The van der Waals surface area contributed by atoms with Crippen molar-refractivity contribution in [2.24, 2.45) is 5.92 Å². The number of hydrogen-bond donors (Lipinski definition) is 3. The normalized spacial score (nSPS) is 16.7. The largest absolute Gasteiger partial charge is 0.495 e. The second-order valence-electron chi connectivity index (χ2n) is 13.6. The van der Waals surface area contributed by atoms with Crippen LogP contribution < -0.4 is 31.0 Å². The fourth-order valence-electron chi connectivity index (χ4n) is 6.43. The van der Waals surface area contributed by atoms with Gasteiger partial charge in [-0.2, -0.15) is 4.98 Å². The average molecular weight is 790 g/mol. The summed E-state index contributed by atoms with van der Waals surface area (Å²) in [5, 5.41) is 9.80. The Labute approximate surface area is 328 Å². The summed E-state index contributed by atoms with van der Waals surface area (Å²) in [7, 11) is 6.71. The first-order valence-corrected chi connectivity index (χ1v) is 18.4. The van der Waals surface area contributed by atoms with Crippen molar-refractivity contribution in [2.45, 2.75) is 31.5 Å². The Hall–Kier alpha value is -5.44. The second-order valence-corrected chi connectivity index (χ2v) is 14.4. The number of carbonyl (C=O) groups excluding carboxylic acids is 3. The third-order valence-electron chi connectivity index (χ3n) is 9.33. The fraction of sp³-hybridized carbons (Fsp3) is 0.333. The van der Waals surface area contributed by atoms with Gasteiger partial charge in [-0.15, -0.1) is 0 Å². The van der Waals surface area contributed by atoms with E-state index < -0.39 is 17.6 Å². The third-order valence-corrected chi connectivity index (χ3v) is 10.1. The fourth-order valence-corrected chi connectivity index (χ4v) is 7.14. The van der Waals surface area contributed by atoms with Crippen LogP contribution in [0.3, 0.4) is 0 Å². The first-order valence-electron chi connectivity index (χ1n) is 17.6. The molecule has 6 rings (SSSR count). The van der Waals surface area contributed by atoms with Gasteiger partial charge in [0.05, 0.1) is 48.5 Å². The molecule has 288 valence electrons. The van der Waals surface area contributed by atoms with Crippen molar-refractivity contribution in [3.63, 3.8) is 0 Å². The van der Waals surface area contributed by atoms with Gasteiger partial charge in [-0.25, -0.2) is 4.98 Å². The molecule has 1 saturated carbocycles. The Morgan fingerprint density at radius 3 is 2.38 bits per heavy atom. The van der Waals surface area contributed by atoms with Crippen LogP contribution in [-0.4, -0.2) is 102 Å². The zero-order chi connectivity index (χ0) is 39.4.